The molecule has 0 aliphatic rings. The Morgan fingerprint density at radius 1 is 1.55 bits per heavy atom. The lowest BCUT2D eigenvalue weighted by atomic mass is 10.5. The highest BCUT2D eigenvalue weighted by Gasteiger charge is 2.13. The van der Waals surface area contributed by atoms with Crippen LogP contribution in [0, 0.1) is 0 Å². The number of allylic oxidation sites excluding steroid dienone is 1. The largest absolute Gasteiger partial charge is 0.476 e. The predicted octanol–water partition coefficient (Wildman–Crippen LogP) is 0.102. The fraction of sp³-hybridized carbons (Fsp3) is 0.250. The summed E-state index contributed by atoms with van der Waals surface area (Å²) in [6, 6.07) is 0. The van der Waals surface area contributed by atoms with Crippen LogP contribution in [0.4, 0.5) is 4.39 Å². The summed E-state index contributed by atoms with van der Waals surface area (Å²) < 4.78 is 22.0. The molecule has 0 saturated carbocycles. The maximum Gasteiger partial charge on any atom is 0.364 e. The van der Waals surface area contributed by atoms with Gasteiger partial charge < -0.3 is 14.9 Å². The van der Waals surface area contributed by atoms with Crippen molar-refractivity contribution in [1.29, 1.82) is 0 Å². The molecule has 0 heterocycles. The van der Waals surface area contributed by atoms with Crippen molar-refractivity contribution in [3.8, 4) is 0 Å². The summed E-state index contributed by atoms with van der Waals surface area (Å²) in [5.41, 5.74) is 0. The quantitative estimate of drug-likeness (QED) is 0.427. The van der Waals surface area contributed by atoms with Crippen molar-refractivity contribution in [2.24, 2.45) is 0 Å². The van der Waals surface area contributed by atoms with E-state index in [9.17, 15) is 13.8 Å². The number of halogens is 1. The smallest absolute Gasteiger partial charge is 0.364 e. The lowest BCUT2D eigenvalue weighted by molar-refractivity contribution is -0.134. The molecule has 11 heavy (non-hydrogen) atoms. The van der Waals surface area contributed by atoms with Gasteiger partial charge in [0, 0.05) is 0 Å². The lowest BCUT2D eigenvalue weighted by Crippen LogP contribution is -1.96. The Kier molecular flexibility index (Phi) is 3.38. The van der Waals surface area contributed by atoms with Crippen LogP contribution in [-0.2, 0) is 9.36 Å². The molecule has 0 bridgehead atoms. The van der Waals surface area contributed by atoms with Gasteiger partial charge in [0.05, 0.1) is 6.16 Å². The van der Waals surface area contributed by atoms with E-state index < -0.39 is 25.6 Å². The van der Waals surface area contributed by atoms with Crippen molar-refractivity contribution in [3.63, 3.8) is 0 Å². The number of rotatable bonds is 3. The van der Waals surface area contributed by atoms with Crippen LogP contribution < -0.4 is 0 Å². The maximum absolute atomic E-state index is 12.0. The van der Waals surface area contributed by atoms with Gasteiger partial charge in [0.1, 0.15) is 0 Å². The average Bonchev–Trinajstić information content (AvgIpc) is 1.80. The third-order valence-electron chi connectivity index (χ3n) is 0.713. The van der Waals surface area contributed by atoms with Gasteiger partial charge in [-0.3, -0.25) is 4.57 Å². The molecule has 0 rings (SSSR count). The van der Waals surface area contributed by atoms with E-state index in [-0.39, 0.29) is 0 Å². The van der Waals surface area contributed by atoms with Gasteiger partial charge in [0.15, 0.2) is 0 Å². The van der Waals surface area contributed by atoms with Gasteiger partial charge in [-0.2, -0.15) is 4.39 Å². The number of carboxylic acid groups (broad SMARTS) is 1. The molecule has 0 atom stereocenters. The van der Waals surface area contributed by atoms with Crippen LogP contribution in [0.15, 0.2) is 11.9 Å². The van der Waals surface area contributed by atoms with E-state index in [0.717, 1.165) is 0 Å². The highest BCUT2D eigenvalue weighted by molar-refractivity contribution is 7.51. The van der Waals surface area contributed by atoms with Gasteiger partial charge in [-0.05, 0) is 6.08 Å². The monoisotopic (exact) mass is 184 g/mol. The van der Waals surface area contributed by atoms with Gasteiger partial charge in [-0.1, -0.05) is 0 Å². The van der Waals surface area contributed by atoms with Crippen molar-refractivity contribution in [2.75, 3.05) is 6.16 Å². The van der Waals surface area contributed by atoms with Crippen molar-refractivity contribution < 1.29 is 28.6 Å². The SMILES string of the molecule is O=C(O)/C(F)=C/CP(=O)(O)O. The lowest BCUT2D eigenvalue weighted by Gasteiger charge is -1.96. The molecule has 0 aromatic carbocycles. The molecule has 0 fully saturated rings. The highest BCUT2D eigenvalue weighted by Crippen LogP contribution is 2.34. The Morgan fingerprint density at radius 2 is 2.00 bits per heavy atom. The molecule has 0 aliphatic heterocycles. The van der Waals surface area contributed by atoms with Crippen LogP contribution >= 0.6 is 7.60 Å². The summed E-state index contributed by atoms with van der Waals surface area (Å²) in [5, 5.41) is 7.88. The third-order valence-corrected chi connectivity index (χ3v) is 1.37. The third kappa shape index (κ3) is 5.72. The van der Waals surface area contributed by atoms with Crippen molar-refractivity contribution in [3.05, 3.63) is 11.9 Å². The minimum absolute atomic E-state index is 0.336. The minimum Gasteiger partial charge on any atom is -0.476 e. The summed E-state index contributed by atoms with van der Waals surface area (Å²) in [7, 11) is -4.34. The van der Waals surface area contributed by atoms with E-state index >= 15 is 0 Å². The van der Waals surface area contributed by atoms with Gasteiger partial charge in [-0.25, -0.2) is 4.79 Å². The molecule has 0 saturated heterocycles. The van der Waals surface area contributed by atoms with E-state index in [0.29, 0.717) is 6.08 Å². The van der Waals surface area contributed by atoms with Crippen molar-refractivity contribution in [2.45, 2.75) is 0 Å². The Bertz CT molecular complexity index is 229. The van der Waals surface area contributed by atoms with E-state index in [1.54, 1.807) is 0 Å². The molecule has 0 aromatic rings. The molecule has 0 spiro atoms. The molecule has 0 radical (unpaired) electrons. The van der Waals surface area contributed by atoms with Crippen LogP contribution in [0.1, 0.15) is 0 Å². The Morgan fingerprint density at radius 3 is 2.27 bits per heavy atom. The first-order valence-corrected chi connectivity index (χ1v) is 4.26. The Hall–Kier alpha value is -0.710. The first-order valence-electron chi connectivity index (χ1n) is 2.46. The van der Waals surface area contributed by atoms with Crippen LogP contribution in [-0.4, -0.2) is 27.0 Å². The number of aliphatic carboxylic acids is 1. The second-order valence-electron chi connectivity index (χ2n) is 1.70. The number of carboxylic acids is 1. The Balaban J connectivity index is 4.15. The normalized spacial score (nSPS) is 13.2. The van der Waals surface area contributed by atoms with Gasteiger partial charge >= 0.3 is 13.6 Å². The van der Waals surface area contributed by atoms with E-state index in [2.05, 4.69) is 0 Å². The fourth-order valence-corrected chi connectivity index (χ4v) is 0.685. The molecular formula is C4H6FO5P. The number of hydrogen-bond donors (Lipinski definition) is 3. The second kappa shape index (κ2) is 3.61. The van der Waals surface area contributed by atoms with Gasteiger partial charge in [0.2, 0.25) is 5.83 Å². The first kappa shape index (κ1) is 10.3. The predicted molar refractivity (Wildman–Crippen MR) is 33.7 cm³/mol. The van der Waals surface area contributed by atoms with Crippen LogP contribution in [0.2, 0.25) is 0 Å². The van der Waals surface area contributed by atoms with E-state index in [4.69, 9.17) is 14.9 Å². The van der Waals surface area contributed by atoms with Crippen molar-refractivity contribution >= 4 is 13.6 Å². The molecule has 7 heteroatoms. The van der Waals surface area contributed by atoms with E-state index in [1.165, 1.54) is 0 Å². The number of carbonyl (C=O) groups is 1. The first-order chi connectivity index (χ1) is 4.83. The summed E-state index contributed by atoms with van der Waals surface area (Å²) in [6.45, 7) is 0. The second-order valence-corrected chi connectivity index (χ2v) is 3.40. The standard InChI is InChI=1S/C4H6FO5P/c5-3(4(6)7)1-2-11(8,9)10/h1H,2H2,(H,6,7)(H2,8,9,10)/b3-1-. The van der Waals surface area contributed by atoms with Gasteiger partial charge in [-0.15, -0.1) is 0 Å². The van der Waals surface area contributed by atoms with Crippen LogP contribution in [0.25, 0.3) is 0 Å². The summed E-state index contributed by atoms with van der Waals surface area (Å²) in [5.74, 6) is -3.40. The minimum atomic E-state index is -4.34. The topological polar surface area (TPSA) is 94.8 Å². The molecule has 0 amide bonds. The molecule has 0 aliphatic carbocycles. The molecular weight excluding hydrogens is 178 g/mol. The molecule has 0 unspecified atom stereocenters. The average molecular weight is 184 g/mol. The Labute approximate surface area is 61.3 Å². The zero-order chi connectivity index (χ0) is 9.07. The summed E-state index contributed by atoms with van der Waals surface area (Å²) in [4.78, 5) is 26.0. The zero-order valence-electron chi connectivity index (χ0n) is 5.27. The molecule has 0 aromatic heterocycles. The highest BCUT2D eigenvalue weighted by atomic mass is 31.2. The molecule has 3 N–H and O–H groups in total. The maximum atomic E-state index is 12.0. The molecule has 64 valence electrons. The summed E-state index contributed by atoms with van der Waals surface area (Å²) >= 11 is 0. The molecule has 5 nitrogen and oxygen atoms in total. The summed E-state index contributed by atoms with van der Waals surface area (Å²) in [6.07, 6.45) is -0.561. The fourth-order valence-electron chi connectivity index (χ4n) is 0.286. The van der Waals surface area contributed by atoms with Crippen molar-refractivity contribution in [1.82, 2.24) is 0 Å². The van der Waals surface area contributed by atoms with Crippen LogP contribution in [0.3, 0.4) is 0 Å². The zero-order valence-corrected chi connectivity index (χ0v) is 6.16. The van der Waals surface area contributed by atoms with Crippen LogP contribution in [0.5, 0.6) is 0 Å². The number of hydrogen-bond acceptors (Lipinski definition) is 2. The van der Waals surface area contributed by atoms with Gasteiger partial charge in [0.25, 0.3) is 0 Å². The van der Waals surface area contributed by atoms with E-state index in [1.807, 2.05) is 0 Å².